The Morgan fingerprint density at radius 2 is 1.54 bits per heavy atom. The smallest absolute Gasteiger partial charge is 0.252 e. The van der Waals surface area contributed by atoms with E-state index < -0.39 is 6.10 Å². The summed E-state index contributed by atoms with van der Waals surface area (Å²) in [5, 5.41) is 2.38. The molecule has 7 atom stereocenters. The molecule has 14 heteroatoms. The Hall–Kier alpha value is -5.70. The third-order valence-electron chi connectivity index (χ3n) is 14.1. The molecule has 9 rings (SSSR count). The number of nitrogens with one attached hydrogen (secondary N) is 3. The first kappa shape index (κ1) is 50.7. The number of hydrogen-bond donors (Lipinski definition) is 4. The molecule has 360 valence electrons. The molecule has 2 aromatic heterocycles. The molecule has 7 unspecified atom stereocenters. The number of rotatable bonds is 12. The number of carbonyl (C=O) groups is 4. The van der Waals surface area contributed by atoms with Crippen molar-refractivity contribution in [3.63, 3.8) is 0 Å². The number of amides is 3. The zero-order valence-corrected chi connectivity index (χ0v) is 40.9. The Morgan fingerprint density at radius 1 is 0.866 bits per heavy atom. The Kier molecular flexibility index (Phi) is 17.7. The van der Waals surface area contributed by atoms with Gasteiger partial charge in [-0.1, -0.05) is 77.1 Å². The van der Waals surface area contributed by atoms with Gasteiger partial charge in [0.15, 0.2) is 0 Å². The first-order valence-electron chi connectivity index (χ1n) is 23.9. The summed E-state index contributed by atoms with van der Waals surface area (Å²) < 4.78 is 9.86. The average Bonchev–Trinajstić information content (AvgIpc) is 4.18. The average molecular weight is 917 g/mol. The largest absolute Gasteiger partial charge is 0.388 e. The van der Waals surface area contributed by atoms with Gasteiger partial charge in [-0.05, 0) is 133 Å². The van der Waals surface area contributed by atoms with Crippen molar-refractivity contribution >= 4 is 36.0 Å². The van der Waals surface area contributed by atoms with Crippen molar-refractivity contribution < 1.29 is 28.7 Å². The highest BCUT2D eigenvalue weighted by Gasteiger charge is 2.45. The van der Waals surface area contributed by atoms with Crippen LogP contribution in [0.2, 0.25) is 0 Å². The van der Waals surface area contributed by atoms with Crippen molar-refractivity contribution in [1.82, 2.24) is 35.1 Å². The Labute approximate surface area is 396 Å². The van der Waals surface area contributed by atoms with Crippen molar-refractivity contribution in [1.29, 1.82) is 0 Å². The molecule has 4 aliphatic rings. The number of benzene rings is 3. The van der Waals surface area contributed by atoms with Crippen molar-refractivity contribution in [3.05, 3.63) is 83.6 Å². The molecule has 3 amide bonds. The lowest BCUT2D eigenvalue weighted by Gasteiger charge is -2.30. The molecular formula is C53H72N8O6. The number of carbonyl (C=O) groups excluding carboxylic acids is 4. The van der Waals surface area contributed by atoms with Crippen molar-refractivity contribution in [3.8, 4) is 33.5 Å². The summed E-state index contributed by atoms with van der Waals surface area (Å²) >= 11 is 0. The van der Waals surface area contributed by atoms with Gasteiger partial charge in [0.1, 0.15) is 24.0 Å². The van der Waals surface area contributed by atoms with Gasteiger partial charge >= 0.3 is 0 Å². The summed E-state index contributed by atoms with van der Waals surface area (Å²) in [6.45, 7) is 10.9. The van der Waals surface area contributed by atoms with Gasteiger partial charge < -0.3 is 40.2 Å². The molecule has 0 radical (unpaired) electrons. The minimum absolute atomic E-state index is 0.0564. The number of aromatic nitrogens is 4. The number of H-pyrrole nitrogens is 2. The van der Waals surface area contributed by atoms with Crippen LogP contribution in [0, 0.1) is 23.7 Å². The van der Waals surface area contributed by atoms with Crippen LogP contribution in [0.5, 0.6) is 0 Å². The van der Waals surface area contributed by atoms with Crippen LogP contribution in [0.1, 0.15) is 108 Å². The zero-order chi connectivity index (χ0) is 48.4. The maximum atomic E-state index is 13.5. The fourth-order valence-electron chi connectivity index (χ4n) is 10.6. The van der Waals surface area contributed by atoms with E-state index in [0.29, 0.717) is 18.4 Å². The predicted molar refractivity (Wildman–Crippen MR) is 264 cm³/mol. The number of nitrogens with zero attached hydrogens (tertiary/aromatic N) is 4. The number of hydrogen-bond acceptors (Lipinski definition) is 9. The topological polar surface area (TPSA) is 189 Å². The number of likely N-dealkylation sites (tertiary alicyclic amines) is 2. The fourth-order valence-corrected chi connectivity index (χ4v) is 10.6. The van der Waals surface area contributed by atoms with Crippen molar-refractivity contribution in [2.75, 3.05) is 34.9 Å². The maximum Gasteiger partial charge on any atom is 0.252 e. The maximum absolute atomic E-state index is 13.5. The van der Waals surface area contributed by atoms with Crippen LogP contribution in [0.25, 0.3) is 44.5 Å². The summed E-state index contributed by atoms with van der Waals surface area (Å²) in [7, 11) is 7.15. The minimum Gasteiger partial charge on any atom is -0.388 e. The molecule has 67 heavy (non-hydrogen) atoms. The molecule has 2 aliphatic carbocycles. The van der Waals surface area contributed by atoms with E-state index in [1.807, 2.05) is 38.8 Å². The molecule has 1 saturated carbocycles. The predicted octanol–water partition coefficient (Wildman–Crippen LogP) is 8.22. The summed E-state index contributed by atoms with van der Waals surface area (Å²) in [6.07, 6.45) is 12.3. The third-order valence-corrected chi connectivity index (χ3v) is 14.1. The Bertz CT molecular complexity index is 2430. The van der Waals surface area contributed by atoms with Gasteiger partial charge in [0.25, 0.3) is 5.91 Å². The van der Waals surface area contributed by atoms with Crippen LogP contribution in [0.15, 0.2) is 60.8 Å². The number of aldehydes is 1. The monoisotopic (exact) mass is 917 g/mol. The lowest BCUT2D eigenvalue weighted by atomic mass is 9.78. The molecule has 0 spiro atoms. The number of methoxy groups -OCH3 is 2. The van der Waals surface area contributed by atoms with Crippen molar-refractivity contribution in [2.45, 2.75) is 116 Å². The van der Waals surface area contributed by atoms with E-state index in [9.17, 15) is 14.4 Å². The van der Waals surface area contributed by atoms with Crippen LogP contribution in [-0.2, 0) is 41.5 Å². The van der Waals surface area contributed by atoms with E-state index in [1.165, 1.54) is 64.6 Å². The van der Waals surface area contributed by atoms with Crippen molar-refractivity contribution in [2.24, 2.45) is 29.4 Å². The fraction of sp³-hybridized carbons (Fsp3) is 0.509. The van der Waals surface area contributed by atoms with E-state index in [1.54, 1.807) is 21.3 Å². The number of nitrogens with two attached hydrogens (primary N) is 1. The SMILES string of the molecule is CC(C)C(C=O)NC=O.COC.COC(C(=O)N1CCCC1c1nc2ccc(-c3ccc(-c4ccc(-c5cnc(C6C7CCC(C7)N6C)[nH]5)cc4)c4c3CCC(C)C4)cc2[nH]1)C(C)C.NC=O. The van der Waals surface area contributed by atoms with E-state index in [0.717, 1.165) is 78.9 Å². The van der Waals surface area contributed by atoms with Gasteiger partial charge in [-0.25, -0.2) is 9.97 Å². The van der Waals surface area contributed by atoms with E-state index >= 15 is 0 Å². The molecule has 3 aromatic carbocycles. The van der Waals surface area contributed by atoms with Crippen LogP contribution in [-0.4, -0.2) is 108 Å². The summed E-state index contributed by atoms with van der Waals surface area (Å²) in [5.74, 6) is 3.72. The summed E-state index contributed by atoms with van der Waals surface area (Å²) in [4.78, 5) is 63.7. The molecule has 2 aliphatic heterocycles. The minimum atomic E-state index is -0.435. The molecular weight excluding hydrogens is 845 g/mol. The quantitative estimate of drug-likeness (QED) is 0.0895. The summed E-state index contributed by atoms with van der Waals surface area (Å²) in [5.41, 5.74) is 16.5. The lowest BCUT2D eigenvalue weighted by molar-refractivity contribution is -0.145. The van der Waals surface area contributed by atoms with Gasteiger partial charge in [-0.2, -0.15) is 0 Å². The number of primary amides is 1. The number of piperidine rings is 1. The molecule has 5 aromatic rings. The highest BCUT2D eigenvalue weighted by Crippen LogP contribution is 2.49. The molecule has 14 nitrogen and oxygen atoms in total. The normalized spacial score (nSPS) is 21.6. The first-order chi connectivity index (χ1) is 32.3. The standard InChI is InChI=1S/C44H52N6O2.C6H11NO2.C2H6O.CH3NO/c1-25(2)41(52-5)44(51)50-20-6-7-39(50)42-46-36-19-14-29(23-37(36)47-42)33-18-17-32(35-21-26(3)8-16-34(33)35)27-9-11-28(12-10-27)38-24-45-43(48-38)40-30-13-15-31(22-30)49(40)4;1-5(2)6(3-8)7-4-9;1-3-2;2-1-3/h9-12,14,17-19,23-26,30-31,39-41H,6-8,13,15-16,20-22H2,1-5H3,(H,45,48)(H,46,47);3-6H,1-2H3,(H,7,9);1-2H3;1H,(H2,2,3). The highest BCUT2D eigenvalue weighted by atomic mass is 16.5. The van der Waals surface area contributed by atoms with E-state index in [2.05, 4.69) is 99.2 Å². The number of fused-ring (bicyclic) bond motifs is 4. The van der Waals surface area contributed by atoms with Gasteiger partial charge in [-0.3, -0.25) is 19.3 Å². The van der Waals surface area contributed by atoms with Gasteiger partial charge in [0, 0.05) is 33.9 Å². The van der Waals surface area contributed by atoms with Crippen LogP contribution < -0.4 is 11.1 Å². The van der Waals surface area contributed by atoms with E-state index in [4.69, 9.17) is 19.5 Å². The van der Waals surface area contributed by atoms with Crippen LogP contribution in [0.3, 0.4) is 0 Å². The first-order valence-corrected chi connectivity index (χ1v) is 23.9. The third kappa shape index (κ3) is 11.4. The molecule has 3 fully saturated rings. The highest BCUT2D eigenvalue weighted by molar-refractivity contribution is 5.86. The Balaban J connectivity index is 0.000000432. The van der Waals surface area contributed by atoms with Crippen LogP contribution >= 0.6 is 0 Å². The molecule has 5 N–H and O–H groups in total. The Morgan fingerprint density at radius 3 is 2.13 bits per heavy atom. The number of imidazole rings is 2. The summed E-state index contributed by atoms with van der Waals surface area (Å²) in [6, 6.07) is 21.1. The second kappa shape index (κ2) is 23.3. The second-order valence-corrected chi connectivity index (χ2v) is 19.2. The van der Waals surface area contributed by atoms with Gasteiger partial charge in [-0.15, -0.1) is 0 Å². The zero-order valence-electron chi connectivity index (χ0n) is 40.9. The molecule has 2 saturated heterocycles. The number of ether oxygens (including phenoxy) is 2. The second-order valence-electron chi connectivity index (χ2n) is 19.2. The van der Waals surface area contributed by atoms with Gasteiger partial charge in [0.05, 0.1) is 41.0 Å². The van der Waals surface area contributed by atoms with Crippen LogP contribution in [0.4, 0.5) is 0 Å². The molecule has 4 heterocycles. The molecule has 2 bridgehead atoms. The van der Waals surface area contributed by atoms with E-state index in [-0.39, 0.29) is 36.2 Å². The lowest BCUT2D eigenvalue weighted by Crippen LogP contribution is -2.42. The van der Waals surface area contributed by atoms with Gasteiger partial charge in [0.2, 0.25) is 12.8 Å². The number of aromatic amines is 2.